The van der Waals surface area contributed by atoms with Crippen LogP contribution in [0.5, 0.6) is 5.75 Å². The van der Waals surface area contributed by atoms with E-state index in [9.17, 15) is 10.1 Å². The molecule has 1 rings (SSSR count). The fourth-order valence-corrected chi connectivity index (χ4v) is 2.70. The molecule has 1 unspecified atom stereocenters. The second-order valence-electron chi connectivity index (χ2n) is 4.12. The molecule has 0 aliphatic rings. The Balaban J connectivity index is 2.81. The number of ether oxygens (including phenoxy) is 1. The van der Waals surface area contributed by atoms with E-state index in [1.54, 1.807) is 0 Å². The molecule has 0 saturated carbocycles. The summed E-state index contributed by atoms with van der Waals surface area (Å²) < 4.78 is 5.59. The first-order chi connectivity index (χ1) is 8.99. The van der Waals surface area contributed by atoms with Crippen molar-refractivity contribution in [1.82, 2.24) is 0 Å². The molecule has 0 aliphatic heterocycles. The van der Waals surface area contributed by atoms with Crippen LogP contribution in [0, 0.1) is 16.0 Å². The van der Waals surface area contributed by atoms with Crippen molar-refractivity contribution in [2.24, 2.45) is 5.92 Å². The Labute approximate surface area is 130 Å². The molecule has 1 aromatic rings. The second-order valence-corrected chi connectivity index (χ2v) is 5.58. The summed E-state index contributed by atoms with van der Waals surface area (Å²) in [6.07, 6.45) is 2.08. The third kappa shape index (κ3) is 4.82. The molecular formula is C12H14BrCl2NO3. The van der Waals surface area contributed by atoms with Gasteiger partial charge in [-0.2, -0.15) is 0 Å². The first kappa shape index (κ1) is 16.5. The normalized spacial score (nSPS) is 12.2. The molecule has 0 amide bonds. The van der Waals surface area contributed by atoms with Gasteiger partial charge < -0.3 is 4.74 Å². The van der Waals surface area contributed by atoms with E-state index < -0.39 is 4.92 Å². The lowest BCUT2D eigenvalue weighted by Gasteiger charge is -2.15. The Morgan fingerprint density at radius 3 is 2.42 bits per heavy atom. The zero-order chi connectivity index (χ0) is 14.4. The monoisotopic (exact) mass is 369 g/mol. The van der Waals surface area contributed by atoms with Gasteiger partial charge >= 0.3 is 0 Å². The van der Waals surface area contributed by atoms with Crippen LogP contribution >= 0.6 is 39.1 Å². The molecule has 0 fully saturated rings. The highest BCUT2D eigenvalue weighted by molar-refractivity contribution is 9.09. The lowest BCUT2D eigenvalue weighted by Crippen LogP contribution is -2.13. The van der Waals surface area contributed by atoms with E-state index in [1.807, 2.05) is 0 Å². The Hall–Kier alpha value is -0.520. The van der Waals surface area contributed by atoms with E-state index >= 15 is 0 Å². The highest BCUT2D eigenvalue weighted by Crippen LogP contribution is 2.37. The number of hydrogen-bond acceptors (Lipinski definition) is 3. The summed E-state index contributed by atoms with van der Waals surface area (Å²) in [5, 5.41) is 11.8. The Kier molecular flexibility index (Phi) is 6.89. The standard InChI is InChI=1S/C12H14BrCl2NO3/c1-2-3-8(6-13)7-19-12-10(14)4-9(16(17)18)5-11(12)15/h4-5,8H,2-3,6-7H2,1H3. The molecule has 0 N–H and O–H groups in total. The Morgan fingerprint density at radius 1 is 1.42 bits per heavy atom. The van der Waals surface area contributed by atoms with Gasteiger partial charge in [-0.3, -0.25) is 10.1 Å². The van der Waals surface area contributed by atoms with E-state index in [4.69, 9.17) is 27.9 Å². The third-order valence-electron chi connectivity index (χ3n) is 2.57. The third-order valence-corrected chi connectivity index (χ3v) is 4.05. The van der Waals surface area contributed by atoms with Crippen molar-refractivity contribution in [2.45, 2.75) is 19.8 Å². The Bertz CT molecular complexity index is 434. The molecule has 0 aliphatic carbocycles. The van der Waals surface area contributed by atoms with Crippen molar-refractivity contribution in [3.63, 3.8) is 0 Å². The lowest BCUT2D eigenvalue weighted by molar-refractivity contribution is -0.384. The van der Waals surface area contributed by atoms with Gasteiger partial charge in [-0.05, 0) is 6.42 Å². The van der Waals surface area contributed by atoms with Gasteiger partial charge in [0.1, 0.15) is 0 Å². The molecule has 0 aromatic heterocycles. The maximum absolute atomic E-state index is 10.7. The molecule has 106 valence electrons. The fourth-order valence-electron chi connectivity index (χ4n) is 1.60. The number of rotatable bonds is 7. The van der Waals surface area contributed by atoms with E-state index in [0.717, 1.165) is 18.2 Å². The molecule has 0 radical (unpaired) electrons. The minimum Gasteiger partial charge on any atom is -0.490 e. The van der Waals surface area contributed by atoms with Gasteiger partial charge in [0.05, 0.1) is 21.6 Å². The highest BCUT2D eigenvalue weighted by atomic mass is 79.9. The van der Waals surface area contributed by atoms with E-state index in [2.05, 4.69) is 22.9 Å². The predicted molar refractivity (Wildman–Crippen MR) is 80.8 cm³/mol. The first-order valence-corrected chi connectivity index (χ1v) is 7.69. The molecule has 19 heavy (non-hydrogen) atoms. The maximum atomic E-state index is 10.7. The summed E-state index contributed by atoms with van der Waals surface area (Å²) in [5.41, 5.74) is -0.145. The number of non-ortho nitro benzene ring substituents is 1. The van der Waals surface area contributed by atoms with Gasteiger partial charge in [-0.1, -0.05) is 52.5 Å². The zero-order valence-electron chi connectivity index (χ0n) is 10.4. The van der Waals surface area contributed by atoms with Crippen molar-refractivity contribution in [2.75, 3.05) is 11.9 Å². The van der Waals surface area contributed by atoms with Crippen LogP contribution in [0.1, 0.15) is 19.8 Å². The van der Waals surface area contributed by atoms with E-state index in [1.165, 1.54) is 12.1 Å². The van der Waals surface area contributed by atoms with Crippen LogP contribution in [0.2, 0.25) is 10.0 Å². The predicted octanol–water partition coefficient (Wildman–Crippen LogP) is 5.09. The van der Waals surface area contributed by atoms with E-state index in [-0.39, 0.29) is 15.7 Å². The summed E-state index contributed by atoms with van der Waals surface area (Å²) in [4.78, 5) is 10.1. The minimum atomic E-state index is -0.542. The van der Waals surface area contributed by atoms with Crippen LogP contribution in [0.4, 0.5) is 5.69 Å². The summed E-state index contributed by atoms with van der Waals surface area (Å²) >= 11 is 15.3. The van der Waals surface area contributed by atoms with Crippen molar-refractivity contribution in [3.05, 3.63) is 32.3 Å². The fraction of sp³-hybridized carbons (Fsp3) is 0.500. The van der Waals surface area contributed by atoms with Crippen LogP contribution in [-0.4, -0.2) is 16.9 Å². The number of halogens is 3. The lowest BCUT2D eigenvalue weighted by atomic mass is 10.1. The van der Waals surface area contributed by atoms with Crippen LogP contribution in [0.3, 0.4) is 0 Å². The summed E-state index contributed by atoms with van der Waals surface area (Å²) in [7, 11) is 0. The van der Waals surface area contributed by atoms with Gasteiger partial charge in [-0.15, -0.1) is 0 Å². The van der Waals surface area contributed by atoms with Crippen molar-refractivity contribution < 1.29 is 9.66 Å². The highest BCUT2D eigenvalue weighted by Gasteiger charge is 2.17. The first-order valence-electron chi connectivity index (χ1n) is 5.81. The molecule has 7 heteroatoms. The largest absolute Gasteiger partial charge is 0.490 e. The molecule has 1 atom stereocenters. The number of nitrogens with zero attached hydrogens (tertiary/aromatic N) is 1. The summed E-state index contributed by atoms with van der Waals surface area (Å²) in [6.45, 7) is 2.57. The Morgan fingerprint density at radius 2 is 2.00 bits per heavy atom. The van der Waals surface area contributed by atoms with Gasteiger partial charge in [0.15, 0.2) is 5.75 Å². The van der Waals surface area contributed by atoms with Crippen LogP contribution in [-0.2, 0) is 0 Å². The second kappa shape index (κ2) is 7.92. The zero-order valence-corrected chi connectivity index (χ0v) is 13.5. The van der Waals surface area contributed by atoms with Crippen LogP contribution in [0.15, 0.2) is 12.1 Å². The average Bonchev–Trinajstić information content (AvgIpc) is 2.36. The number of hydrogen-bond donors (Lipinski definition) is 0. The van der Waals surface area contributed by atoms with Crippen LogP contribution < -0.4 is 4.74 Å². The van der Waals surface area contributed by atoms with Crippen LogP contribution in [0.25, 0.3) is 0 Å². The van der Waals surface area contributed by atoms with Crippen molar-refractivity contribution >= 4 is 44.8 Å². The quantitative estimate of drug-likeness (QED) is 0.381. The summed E-state index contributed by atoms with van der Waals surface area (Å²) in [5.74, 6) is 0.656. The number of nitro groups is 1. The number of nitro benzene ring substituents is 1. The van der Waals surface area contributed by atoms with Gasteiger partial charge in [0.25, 0.3) is 5.69 Å². The smallest absolute Gasteiger partial charge is 0.272 e. The molecule has 0 heterocycles. The topological polar surface area (TPSA) is 52.4 Å². The maximum Gasteiger partial charge on any atom is 0.272 e. The van der Waals surface area contributed by atoms with Crippen molar-refractivity contribution in [3.8, 4) is 5.75 Å². The minimum absolute atomic E-state index is 0.145. The van der Waals surface area contributed by atoms with Crippen molar-refractivity contribution in [1.29, 1.82) is 0 Å². The molecule has 0 spiro atoms. The molecule has 0 bridgehead atoms. The molecule has 0 saturated heterocycles. The average molecular weight is 371 g/mol. The van der Waals surface area contributed by atoms with E-state index in [0.29, 0.717) is 18.3 Å². The van der Waals surface area contributed by atoms with Gasteiger partial charge in [-0.25, -0.2) is 0 Å². The van der Waals surface area contributed by atoms with Gasteiger partial charge in [0, 0.05) is 23.4 Å². The molecule has 4 nitrogen and oxygen atoms in total. The number of alkyl halides is 1. The number of benzene rings is 1. The van der Waals surface area contributed by atoms with Gasteiger partial charge in [0.2, 0.25) is 0 Å². The summed E-state index contributed by atoms with van der Waals surface area (Å²) in [6, 6.07) is 2.48. The SMILES string of the molecule is CCCC(CBr)COc1c(Cl)cc([N+](=O)[O-])cc1Cl. The molecule has 1 aromatic carbocycles. The molecular weight excluding hydrogens is 357 g/mol.